The predicted molar refractivity (Wildman–Crippen MR) is 129 cm³/mol. The topological polar surface area (TPSA) is 92.4 Å². The lowest BCUT2D eigenvalue weighted by molar-refractivity contribution is -0.155. The highest BCUT2D eigenvalue weighted by molar-refractivity contribution is 6.05. The average Bonchev–Trinajstić information content (AvgIpc) is 3.04. The minimum absolute atomic E-state index is 0.0923. The fraction of sp³-hybridized carbons (Fsp3) is 0.308. The minimum atomic E-state index is -0.663. The summed E-state index contributed by atoms with van der Waals surface area (Å²) >= 11 is 0. The van der Waals surface area contributed by atoms with Crippen LogP contribution in [-0.4, -0.2) is 39.0 Å². The predicted octanol–water partition coefficient (Wildman–Crippen LogP) is 3.98. The Labute approximate surface area is 200 Å². The van der Waals surface area contributed by atoms with Crippen molar-refractivity contribution in [1.29, 1.82) is 0 Å². The van der Waals surface area contributed by atoms with Gasteiger partial charge in [-0.25, -0.2) is 9.07 Å². The maximum atomic E-state index is 14.4. The first-order chi connectivity index (χ1) is 16.5. The molecule has 0 unspecified atom stereocenters. The van der Waals surface area contributed by atoms with E-state index in [4.69, 9.17) is 9.47 Å². The van der Waals surface area contributed by atoms with Crippen LogP contribution in [0.3, 0.4) is 0 Å². The zero-order valence-electron chi connectivity index (χ0n) is 20.2. The number of nitrogens with zero attached hydrogens (tertiary/aromatic N) is 3. The van der Waals surface area contributed by atoms with Gasteiger partial charge in [0.2, 0.25) is 0 Å². The Bertz CT molecular complexity index is 1530. The molecule has 0 radical (unpaired) electrons. The fourth-order valence-electron chi connectivity index (χ4n) is 4.17. The normalized spacial score (nSPS) is 11.7. The molecule has 0 atom stereocenters. The van der Waals surface area contributed by atoms with Crippen molar-refractivity contribution < 1.29 is 23.5 Å². The molecule has 0 fully saturated rings. The number of fused-ring (bicyclic) bond motifs is 2. The van der Waals surface area contributed by atoms with E-state index in [9.17, 15) is 18.8 Å². The number of hydrogen-bond donors (Lipinski definition) is 0. The van der Waals surface area contributed by atoms with Crippen LogP contribution in [0.1, 0.15) is 26.5 Å². The standard InChI is InChI=1S/C26H26FN3O5/c1-15-23(19-12-16(27)10-11-20(19)29(15)13-22(32)35-26(2,3)4)24-17-8-6-7-9-18(17)25(33)30(28-24)14-21(31)34-5/h6-12H,13-14H2,1-5H3. The van der Waals surface area contributed by atoms with E-state index < -0.39 is 28.9 Å². The number of aromatic nitrogens is 3. The average molecular weight is 480 g/mol. The second kappa shape index (κ2) is 8.98. The second-order valence-electron chi connectivity index (χ2n) is 9.23. The Balaban J connectivity index is 2.01. The van der Waals surface area contributed by atoms with Crippen molar-refractivity contribution in [2.24, 2.45) is 0 Å². The molecular weight excluding hydrogens is 453 g/mol. The Morgan fingerprint density at radius 2 is 1.69 bits per heavy atom. The molecule has 0 aliphatic carbocycles. The first kappa shape index (κ1) is 24.1. The van der Waals surface area contributed by atoms with Gasteiger partial charge in [0.05, 0.1) is 12.5 Å². The number of carbonyl (C=O) groups is 2. The van der Waals surface area contributed by atoms with Crippen LogP contribution in [0, 0.1) is 12.7 Å². The van der Waals surface area contributed by atoms with Crippen LogP contribution >= 0.6 is 0 Å². The van der Waals surface area contributed by atoms with Crippen molar-refractivity contribution in [3.05, 3.63) is 64.3 Å². The van der Waals surface area contributed by atoms with Gasteiger partial charge in [-0.15, -0.1) is 0 Å². The molecular formula is C26H26FN3O5. The molecule has 9 heteroatoms. The summed E-state index contributed by atoms with van der Waals surface area (Å²) in [5.41, 5.74) is 1.08. The Kier molecular flexibility index (Phi) is 6.19. The molecule has 2 aromatic heterocycles. The summed E-state index contributed by atoms with van der Waals surface area (Å²) in [5, 5.41) is 5.92. The van der Waals surface area contributed by atoms with Gasteiger partial charge in [-0.3, -0.25) is 14.4 Å². The number of rotatable bonds is 5. The molecule has 0 N–H and O–H groups in total. The largest absolute Gasteiger partial charge is 0.468 e. The summed E-state index contributed by atoms with van der Waals surface area (Å²) in [7, 11) is 1.23. The minimum Gasteiger partial charge on any atom is -0.468 e. The van der Waals surface area contributed by atoms with Crippen LogP contribution < -0.4 is 5.56 Å². The molecule has 2 heterocycles. The number of halogens is 1. The molecule has 8 nitrogen and oxygen atoms in total. The van der Waals surface area contributed by atoms with Crippen LogP contribution in [-0.2, 0) is 32.2 Å². The molecule has 182 valence electrons. The van der Waals surface area contributed by atoms with Crippen molar-refractivity contribution in [1.82, 2.24) is 14.3 Å². The number of ether oxygens (including phenoxy) is 2. The maximum Gasteiger partial charge on any atom is 0.327 e. The summed E-state index contributed by atoms with van der Waals surface area (Å²) < 4.78 is 27.4. The van der Waals surface area contributed by atoms with Gasteiger partial charge in [-0.05, 0) is 52.0 Å². The molecule has 0 saturated heterocycles. The number of carbonyl (C=O) groups excluding carboxylic acids is 2. The highest BCUT2D eigenvalue weighted by Gasteiger charge is 2.24. The SMILES string of the molecule is COC(=O)Cn1nc(-c2c(C)n(CC(=O)OC(C)(C)C)c3ccc(F)cc23)c2ccccc2c1=O. The van der Waals surface area contributed by atoms with Gasteiger partial charge in [0, 0.05) is 27.5 Å². The van der Waals surface area contributed by atoms with E-state index in [1.807, 2.05) is 0 Å². The van der Waals surface area contributed by atoms with Gasteiger partial charge in [0.25, 0.3) is 5.56 Å². The maximum absolute atomic E-state index is 14.4. The van der Waals surface area contributed by atoms with Gasteiger partial charge >= 0.3 is 11.9 Å². The summed E-state index contributed by atoms with van der Waals surface area (Å²) in [6.07, 6.45) is 0. The lowest BCUT2D eigenvalue weighted by Gasteiger charge is -2.20. The molecule has 4 rings (SSSR count). The highest BCUT2D eigenvalue weighted by atomic mass is 19.1. The van der Waals surface area contributed by atoms with Gasteiger partial charge in [0.1, 0.15) is 30.2 Å². The summed E-state index contributed by atoms with van der Waals surface area (Å²) in [6, 6.07) is 11.2. The van der Waals surface area contributed by atoms with Gasteiger partial charge in [-0.2, -0.15) is 5.10 Å². The smallest absolute Gasteiger partial charge is 0.327 e. The third-order valence-electron chi connectivity index (χ3n) is 5.60. The lowest BCUT2D eigenvalue weighted by Crippen LogP contribution is -2.28. The van der Waals surface area contributed by atoms with Gasteiger partial charge in [-0.1, -0.05) is 18.2 Å². The van der Waals surface area contributed by atoms with Gasteiger partial charge in [0.15, 0.2) is 0 Å². The molecule has 0 bridgehead atoms. The zero-order chi connectivity index (χ0) is 25.5. The van der Waals surface area contributed by atoms with E-state index in [1.165, 1.54) is 19.2 Å². The van der Waals surface area contributed by atoms with E-state index in [0.29, 0.717) is 38.6 Å². The van der Waals surface area contributed by atoms with E-state index in [1.54, 1.807) is 62.6 Å². The fourth-order valence-corrected chi connectivity index (χ4v) is 4.17. The van der Waals surface area contributed by atoms with E-state index in [2.05, 4.69) is 5.10 Å². The molecule has 0 aliphatic heterocycles. The molecule has 4 aromatic rings. The number of benzene rings is 2. The van der Waals surface area contributed by atoms with Crippen molar-refractivity contribution in [2.75, 3.05) is 7.11 Å². The van der Waals surface area contributed by atoms with E-state index in [0.717, 1.165) is 4.68 Å². The van der Waals surface area contributed by atoms with Crippen LogP contribution in [0.25, 0.3) is 32.9 Å². The molecule has 2 aromatic carbocycles. The first-order valence-corrected chi connectivity index (χ1v) is 11.1. The molecule has 0 amide bonds. The number of hydrogen-bond acceptors (Lipinski definition) is 6. The second-order valence-corrected chi connectivity index (χ2v) is 9.23. The molecule has 35 heavy (non-hydrogen) atoms. The van der Waals surface area contributed by atoms with E-state index in [-0.39, 0.29) is 13.1 Å². The van der Waals surface area contributed by atoms with Crippen molar-refractivity contribution in [2.45, 2.75) is 46.4 Å². The van der Waals surface area contributed by atoms with Crippen LogP contribution in [0.5, 0.6) is 0 Å². The third-order valence-corrected chi connectivity index (χ3v) is 5.60. The Morgan fingerprint density at radius 1 is 1.00 bits per heavy atom. The highest BCUT2D eigenvalue weighted by Crippen LogP contribution is 2.37. The summed E-state index contributed by atoms with van der Waals surface area (Å²) in [6.45, 7) is 6.68. The van der Waals surface area contributed by atoms with Crippen molar-refractivity contribution >= 4 is 33.6 Å². The third kappa shape index (κ3) is 4.66. The first-order valence-electron chi connectivity index (χ1n) is 11.1. The quantitative estimate of drug-likeness (QED) is 0.402. The van der Waals surface area contributed by atoms with Crippen LogP contribution in [0.4, 0.5) is 4.39 Å². The molecule has 0 saturated carbocycles. The Morgan fingerprint density at radius 3 is 2.34 bits per heavy atom. The van der Waals surface area contributed by atoms with E-state index >= 15 is 0 Å². The van der Waals surface area contributed by atoms with Crippen molar-refractivity contribution in [3.8, 4) is 11.3 Å². The molecule has 0 aliphatic rings. The van der Waals surface area contributed by atoms with Gasteiger partial charge < -0.3 is 14.0 Å². The Hall–Kier alpha value is -4.01. The molecule has 0 spiro atoms. The monoisotopic (exact) mass is 479 g/mol. The van der Waals surface area contributed by atoms with Crippen LogP contribution in [0.2, 0.25) is 0 Å². The van der Waals surface area contributed by atoms with Crippen molar-refractivity contribution in [3.63, 3.8) is 0 Å². The summed E-state index contributed by atoms with van der Waals surface area (Å²) in [4.78, 5) is 37.6. The van der Waals surface area contributed by atoms with Crippen LogP contribution in [0.15, 0.2) is 47.3 Å². The lowest BCUT2D eigenvalue weighted by atomic mass is 10.0. The summed E-state index contributed by atoms with van der Waals surface area (Å²) in [5.74, 6) is -1.53. The zero-order valence-corrected chi connectivity index (χ0v) is 20.2. The number of methoxy groups -OCH3 is 1. The number of esters is 2.